The van der Waals surface area contributed by atoms with Crippen molar-refractivity contribution in [2.75, 3.05) is 13.1 Å². The minimum absolute atomic E-state index is 0.328. The molecule has 0 unspecified atom stereocenters. The largest absolute Gasteiger partial charge is 0.506 e. The first-order valence-corrected chi connectivity index (χ1v) is 6.18. The zero-order valence-electron chi connectivity index (χ0n) is 9.76. The van der Waals surface area contributed by atoms with Gasteiger partial charge in [0.1, 0.15) is 11.3 Å². The minimum Gasteiger partial charge on any atom is -0.506 e. The molecule has 2 N–H and O–H groups in total. The average molecular weight is 231 g/mol. The van der Waals surface area contributed by atoms with Crippen LogP contribution in [-0.2, 0) is 6.54 Å². The molecule has 1 fully saturated rings. The third-order valence-corrected chi connectivity index (χ3v) is 3.53. The van der Waals surface area contributed by atoms with Crippen LogP contribution in [0.4, 0.5) is 0 Å². The molecule has 2 aromatic rings. The summed E-state index contributed by atoms with van der Waals surface area (Å²) in [7, 11) is 0. The van der Waals surface area contributed by atoms with Gasteiger partial charge in [-0.05, 0) is 44.0 Å². The van der Waals surface area contributed by atoms with Gasteiger partial charge in [0.2, 0.25) is 0 Å². The highest BCUT2D eigenvalue weighted by Crippen LogP contribution is 2.25. The maximum Gasteiger partial charge on any atom is 0.141 e. The lowest BCUT2D eigenvalue weighted by Crippen LogP contribution is -2.29. The Morgan fingerprint density at radius 2 is 2.18 bits per heavy atom. The summed E-state index contributed by atoms with van der Waals surface area (Å²) in [5.41, 5.74) is 1.74. The first-order valence-electron chi connectivity index (χ1n) is 6.18. The summed E-state index contributed by atoms with van der Waals surface area (Å²) in [6, 6.07) is 5.50. The zero-order valence-corrected chi connectivity index (χ0v) is 9.76. The number of phenols is 1. The van der Waals surface area contributed by atoms with Crippen molar-refractivity contribution in [1.29, 1.82) is 0 Å². The number of aromatic nitrogens is 2. The van der Waals surface area contributed by atoms with E-state index in [-0.39, 0.29) is 0 Å². The van der Waals surface area contributed by atoms with Gasteiger partial charge in [-0.15, -0.1) is 0 Å². The Morgan fingerprint density at radius 3 is 3.00 bits per heavy atom. The van der Waals surface area contributed by atoms with Crippen LogP contribution < -0.4 is 5.32 Å². The molecule has 0 saturated carbocycles. The topological polar surface area (TPSA) is 50.1 Å². The van der Waals surface area contributed by atoms with E-state index < -0.39 is 0 Å². The lowest BCUT2D eigenvalue weighted by atomic mass is 9.98. The monoisotopic (exact) mass is 231 g/mol. The number of para-hydroxylation sites is 1. The van der Waals surface area contributed by atoms with Crippen molar-refractivity contribution in [3.05, 3.63) is 24.5 Å². The van der Waals surface area contributed by atoms with Gasteiger partial charge in [0.05, 0.1) is 11.8 Å². The number of hydrogen-bond donors (Lipinski definition) is 2. The van der Waals surface area contributed by atoms with Crippen LogP contribution in [-0.4, -0.2) is 27.7 Å². The third kappa shape index (κ3) is 2.00. The molecule has 90 valence electrons. The number of phenolic OH excluding ortho intramolecular Hbond substituents is 1. The van der Waals surface area contributed by atoms with Crippen LogP contribution in [0.2, 0.25) is 0 Å². The van der Waals surface area contributed by atoms with E-state index in [1.54, 1.807) is 6.07 Å². The summed E-state index contributed by atoms with van der Waals surface area (Å²) in [5.74, 6) is 1.02. The summed E-state index contributed by atoms with van der Waals surface area (Å²) in [5, 5.41) is 13.3. The fourth-order valence-corrected chi connectivity index (χ4v) is 2.59. The smallest absolute Gasteiger partial charge is 0.141 e. The number of nitrogens with zero attached hydrogens (tertiary/aromatic N) is 2. The number of piperidine rings is 1. The minimum atomic E-state index is 0.328. The Bertz CT molecular complexity index is 514. The van der Waals surface area contributed by atoms with Gasteiger partial charge < -0.3 is 15.0 Å². The molecular weight excluding hydrogens is 214 g/mol. The molecule has 1 aromatic heterocycles. The molecular formula is C13H17N3O. The van der Waals surface area contributed by atoms with E-state index in [4.69, 9.17) is 0 Å². The molecule has 0 bridgehead atoms. The van der Waals surface area contributed by atoms with Crippen molar-refractivity contribution in [3.8, 4) is 5.75 Å². The molecule has 0 radical (unpaired) electrons. The molecule has 1 aromatic carbocycles. The predicted octanol–water partition coefficient (Wildman–Crippen LogP) is 1.74. The molecule has 0 atom stereocenters. The number of rotatable bonds is 2. The Morgan fingerprint density at radius 1 is 1.35 bits per heavy atom. The van der Waals surface area contributed by atoms with Crippen molar-refractivity contribution < 1.29 is 5.11 Å². The molecule has 4 heteroatoms. The van der Waals surface area contributed by atoms with E-state index in [9.17, 15) is 5.11 Å². The van der Waals surface area contributed by atoms with Crippen molar-refractivity contribution in [2.24, 2.45) is 5.92 Å². The van der Waals surface area contributed by atoms with Gasteiger partial charge in [-0.3, -0.25) is 0 Å². The highest BCUT2D eigenvalue weighted by molar-refractivity contribution is 5.81. The molecule has 0 spiro atoms. The van der Waals surface area contributed by atoms with Crippen molar-refractivity contribution in [1.82, 2.24) is 14.9 Å². The molecule has 17 heavy (non-hydrogen) atoms. The normalized spacial score (nSPS) is 17.6. The van der Waals surface area contributed by atoms with Crippen molar-refractivity contribution in [3.63, 3.8) is 0 Å². The number of benzene rings is 1. The molecule has 4 nitrogen and oxygen atoms in total. The molecule has 3 rings (SSSR count). The number of aromatic hydroxyl groups is 1. The zero-order chi connectivity index (χ0) is 11.7. The van der Waals surface area contributed by atoms with Crippen molar-refractivity contribution >= 4 is 11.0 Å². The van der Waals surface area contributed by atoms with Crippen molar-refractivity contribution in [2.45, 2.75) is 19.4 Å². The quantitative estimate of drug-likeness (QED) is 0.827. The maximum atomic E-state index is 9.90. The van der Waals surface area contributed by atoms with E-state index in [0.29, 0.717) is 11.7 Å². The average Bonchev–Trinajstić information content (AvgIpc) is 2.75. The van der Waals surface area contributed by atoms with Gasteiger partial charge in [0.25, 0.3) is 0 Å². The van der Waals surface area contributed by atoms with Gasteiger partial charge in [-0.25, -0.2) is 4.98 Å². The molecule has 2 heterocycles. The highest BCUT2D eigenvalue weighted by atomic mass is 16.3. The molecule has 1 saturated heterocycles. The summed E-state index contributed by atoms with van der Waals surface area (Å²) in [6.07, 6.45) is 4.24. The van der Waals surface area contributed by atoms with Crippen LogP contribution in [0, 0.1) is 5.92 Å². The van der Waals surface area contributed by atoms with Crippen LogP contribution >= 0.6 is 0 Å². The second-order valence-corrected chi connectivity index (χ2v) is 4.74. The number of imidazole rings is 1. The first kappa shape index (κ1) is 10.6. The van der Waals surface area contributed by atoms with E-state index >= 15 is 0 Å². The molecule has 1 aliphatic rings. The Labute approximate surface area is 100 Å². The van der Waals surface area contributed by atoms with Gasteiger partial charge >= 0.3 is 0 Å². The predicted molar refractivity (Wildman–Crippen MR) is 67.0 cm³/mol. The van der Waals surface area contributed by atoms with E-state index in [2.05, 4.69) is 14.9 Å². The van der Waals surface area contributed by atoms with Crippen LogP contribution in [0.1, 0.15) is 12.8 Å². The third-order valence-electron chi connectivity index (χ3n) is 3.53. The van der Waals surface area contributed by atoms with Crippen LogP contribution in [0.3, 0.4) is 0 Å². The highest BCUT2D eigenvalue weighted by Gasteiger charge is 2.15. The second-order valence-electron chi connectivity index (χ2n) is 4.74. The summed E-state index contributed by atoms with van der Waals surface area (Å²) in [6.45, 7) is 3.16. The van der Waals surface area contributed by atoms with E-state index in [1.807, 2.05) is 18.5 Å². The second kappa shape index (κ2) is 4.37. The Kier molecular flexibility index (Phi) is 2.73. The first-order chi connectivity index (χ1) is 8.34. The van der Waals surface area contributed by atoms with E-state index in [1.165, 1.54) is 12.8 Å². The molecule has 0 amide bonds. The van der Waals surface area contributed by atoms with E-state index in [0.717, 1.165) is 30.7 Å². The lowest BCUT2D eigenvalue weighted by molar-refractivity contribution is 0.335. The Balaban J connectivity index is 1.89. The maximum absolute atomic E-state index is 9.90. The Hall–Kier alpha value is -1.55. The fourth-order valence-electron chi connectivity index (χ4n) is 2.59. The lowest BCUT2D eigenvalue weighted by Gasteiger charge is -2.23. The van der Waals surface area contributed by atoms with Crippen LogP contribution in [0.15, 0.2) is 24.5 Å². The van der Waals surface area contributed by atoms with Gasteiger partial charge in [-0.1, -0.05) is 6.07 Å². The molecule has 1 aliphatic heterocycles. The van der Waals surface area contributed by atoms with Gasteiger partial charge in [0, 0.05) is 6.54 Å². The summed E-state index contributed by atoms with van der Waals surface area (Å²) in [4.78, 5) is 4.33. The SMILES string of the molecule is Oc1cccc2ncn(CC3CCNCC3)c12. The summed E-state index contributed by atoms with van der Waals surface area (Å²) >= 11 is 0. The van der Waals surface area contributed by atoms with Gasteiger partial charge in [0.15, 0.2) is 0 Å². The fraction of sp³-hybridized carbons (Fsp3) is 0.462. The summed E-state index contributed by atoms with van der Waals surface area (Å²) < 4.78 is 2.08. The number of fused-ring (bicyclic) bond motifs is 1. The van der Waals surface area contributed by atoms with Crippen LogP contribution in [0.25, 0.3) is 11.0 Å². The standard InChI is InChI=1S/C13H17N3O/c17-12-3-1-2-11-13(12)16(9-15-11)8-10-4-6-14-7-5-10/h1-3,9-10,14,17H,4-8H2. The molecule has 0 aliphatic carbocycles. The van der Waals surface area contributed by atoms with Gasteiger partial charge in [-0.2, -0.15) is 0 Å². The number of hydrogen-bond acceptors (Lipinski definition) is 3. The van der Waals surface area contributed by atoms with Crippen LogP contribution in [0.5, 0.6) is 5.75 Å². The number of nitrogens with one attached hydrogen (secondary N) is 1.